The SMILES string of the molecule is O=C(O)C1CCCN1C(=O)c1ccnc(OCc2ccccc2)c1. The van der Waals surface area contributed by atoms with E-state index < -0.39 is 12.0 Å². The number of pyridine rings is 1. The summed E-state index contributed by atoms with van der Waals surface area (Å²) in [4.78, 5) is 29.3. The van der Waals surface area contributed by atoms with Gasteiger partial charge in [0.25, 0.3) is 5.91 Å². The van der Waals surface area contributed by atoms with Crippen molar-refractivity contribution in [3.8, 4) is 5.88 Å². The summed E-state index contributed by atoms with van der Waals surface area (Å²) in [6, 6.07) is 12.0. The van der Waals surface area contributed by atoms with Gasteiger partial charge < -0.3 is 14.7 Å². The summed E-state index contributed by atoms with van der Waals surface area (Å²) in [5.41, 5.74) is 1.39. The normalized spacial score (nSPS) is 16.8. The van der Waals surface area contributed by atoms with Crippen LogP contribution in [0.3, 0.4) is 0 Å². The lowest BCUT2D eigenvalue weighted by Crippen LogP contribution is -2.40. The van der Waals surface area contributed by atoms with Crippen molar-refractivity contribution in [3.05, 3.63) is 59.8 Å². The van der Waals surface area contributed by atoms with Crippen LogP contribution in [0, 0.1) is 0 Å². The van der Waals surface area contributed by atoms with E-state index >= 15 is 0 Å². The first-order valence-corrected chi connectivity index (χ1v) is 7.82. The molecule has 1 aliphatic heterocycles. The van der Waals surface area contributed by atoms with Crippen LogP contribution in [0.5, 0.6) is 5.88 Å². The highest BCUT2D eigenvalue weighted by Crippen LogP contribution is 2.21. The van der Waals surface area contributed by atoms with Gasteiger partial charge in [-0.05, 0) is 24.5 Å². The van der Waals surface area contributed by atoms with Gasteiger partial charge in [0.15, 0.2) is 0 Å². The molecule has 24 heavy (non-hydrogen) atoms. The Labute approximate surface area is 139 Å². The van der Waals surface area contributed by atoms with Gasteiger partial charge in [-0.15, -0.1) is 0 Å². The fraction of sp³-hybridized carbons (Fsp3) is 0.278. The minimum absolute atomic E-state index is 0.299. The van der Waals surface area contributed by atoms with E-state index in [-0.39, 0.29) is 5.91 Å². The number of ether oxygens (including phenoxy) is 1. The molecule has 0 radical (unpaired) electrons. The molecular weight excluding hydrogens is 308 g/mol. The number of likely N-dealkylation sites (tertiary alicyclic amines) is 1. The summed E-state index contributed by atoms with van der Waals surface area (Å²) < 4.78 is 5.62. The molecule has 0 bridgehead atoms. The predicted octanol–water partition coefficient (Wildman–Crippen LogP) is 2.35. The summed E-state index contributed by atoms with van der Waals surface area (Å²) in [6.07, 6.45) is 2.69. The van der Waals surface area contributed by atoms with E-state index in [0.29, 0.717) is 37.4 Å². The van der Waals surface area contributed by atoms with E-state index in [9.17, 15) is 14.7 Å². The van der Waals surface area contributed by atoms with Crippen LogP contribution in [-0.2, 0) is 11.4 Å². The maximum Gasteiger partial charge on any atom is 0.326 e. The molecule has 1 atom stereocenters. The smallest absolute Gasteiger partial charge is 0.326 e. The number of carboxylic acids is 1. The Balaban J connectivity index is 1.70. The highest BCUT2D eigenvalue weighted by Gasteiger charge is 2.34. The molecule has 1 unspecified atom stereocenters. The zero-order valence-corrected chi connectivity index (χ0v) is 13.1. The van der Waals surface area contributed by atoms with Crippen molar-refractivity contribution in [2.24, 2.45) is 0 Å². The number of aromatic nitrogens is 1. The zero-order valence-electron chi connectivity index (χ0n) is 13.1. The monoisotopic (exact) mass is 326 g/mol. The lowest BCUT2D eigenvalue weighted by atomic mass is 10.2. The second-order valence-corrected chi connectivity index (χ2v) is 5.65. The molecule has 0 aliphatic carbocycles. The van der Waals surface area contributed by atoms with Gasteiger partial charge in [-0.1, -0.05) is 30.3 Å². The number of rotatable bonds is 5. The van der Waals surface area contributed by atoms with E-state index in [1.54, 1.807) is 12.1 Å². The molecule has 3 rings (SSSR count). The molecular formula is C18H18N2O4. The van der Waals surface area contributed by atoms with Crippen LogP contribution < -0.4 is 4.74 Å². The molecule has 6 nitrogen and oxygen atoms in total. The Kier molecular flexibility index (Phi) is 4.74. The van der Waals surface area contributed by atoms with Crippen molar-refractivity contribution in [2.75, 3.05) is 6.54 Å². The molecule has 1 aromatic carbocycles. The Morgan fingerprint density at radius 1 is 1.25 bits per heavy atom. The maximum atomic E-state index is 12.6. The fourth-order valence-electron chi connectivity index (χ4n) is 2.79. The number of nitrogens with zero attached hydrogens (tertiary/aromatic N) is 2. The van der Waals surface area contributed by atoms with Gasteiger partial charge in [0.2, 0.25) is 5.88 Å². The summed E-state index contributed by atoms with van der Waals surface area (Å²) in [5, 5.41) is 9.21. The highest BCUT2D eigenvalue weighted by atomic mass is 16.5. The van der Waals surface area contributed by atoms with Gasteiger partial charge in [0.05, 0.1) is 0 Å². The van der Waals surface area contributed by atoms with Crippen molar-refractivity contribution >= 4 is 11.9 Å². The molecule has 2 heterocycles. The molecule has 2 aromatic rings. The third kappa shape index (κ3) is 3.53. The van der Waals surface area contributed by atoms with Crippen LogP contribution in [0.2, 0.25) is 0 Å². The highest BCUT2D eigenvalue weighted by molar-refractivity contribution is 5.97. The van der Waals surface area contributed by atoms with E-state index in [4.69, 9.17) is 4.74 Å². The molecule has 1 aliphatic rings. The summed E-state index contributed by atoms with van der Waals surface area (Å²) in [6.45, 7) is 0.811. The van der Waals surface area contributed by atoms with Crippen LogP contribution in [-0.4, -0.2) is 39.5 Å². The number of aliphatic carboxylic acids is 1. The number of hydrogen-bond acceptors (Lipinski definition) is 4. The Hall–Kier alpha value is -2.89. The van der Waals surface area contributed by atoms with Crippen LogP contribution in [0.25, 0.3) is 0 Å². The minimum Gasteiger partial charge on any atom is -0.480 e. The largest absolute Gasteiger partial charge is 0.480 e. The molecule has 0 spiro atoms. The summed E-state index contributed by atoms with van der Waals surface area (Å²) in [5.74, 6) is -0.918. The van der Waals surface area contributed by atoms with Crippen LogP contribution in [0.1, 0.15) is 28.8 Å². The van der Waals surface area contributed by atoms with Gasteiger partial charge in [-0.2, -0.15) is 0 Å². The zero-order chi connectivity index (χ0) is 16.9. The number of hydrogen-bond donors (Lipinski definition) is 1. The summed E-state index contributed by atoms with van der Waals surface area (Å²) in [7, 11) is 0. The Bertz CT molecular complexity index is 733. The average molecular weight is 326 g/mol. The fourth-order valence-corrected chi connectivity index (χ4v) is 2.79. The van der Waals surface area contributed by atoms with Crippen molar-refractivity contribution in [2.45, 2.75) is 25.5 Å². The number of carbonyl (C=O) groups excluding carboxylic acids is 1. The van der Waals surface area contributed by atoms with Gasteiger partial charge in [-0.25, -0.2) is 9.78 Å². The molecule has 1 saturated heterocycles. The predicted molar refractivity (Wildman–Crippen MR) is 86.7 cm³/mol. The average Bonchev–Trinajstić information content (AvgIpc) is 3.10. The first kappa shape index (κ1) is 16.0. The lowest BCUT2D eigenvalue weighted by molar-refractivity contribution is -0.141. The van der Waals surface area contributed by atoms with Crippen LogP contribution in [0.4, 0.5) is 0 Å². The van der Waals surface area contributed by atoms with Gasteiger partial charge >= 0.3 is 5.97 Å². The molecule has 6 heteroatoms. The van der Waals surface area contributed by atoms with E-state index in [1.165, 1.54) is 11.1 Å². The first-order chi connectivity index (χ1) is 11.6. The number of benzene rings is 1. The van der Waals surface area contributed by atoms with E-state index in [0.717, 1.165) is 5.56 Å². The molecule has 0 saturated carbocycles. The number of carbonyl (C=O) groups is 2. The molecule has 1 aromatic heterocycles. The standard InChI is InChI=1S/C18H18N2O4/c21-17(20-10-4-7-15(20)18(22)23)14-8-9-19-16(11-14)24-12-13-5-2-1-3-6-13/h1-3,5-6,8-9,11,15H,4,7,10,12H2,(H,22,23). The second-order valence-electron chi connectivity index (χ2n) is 5.65. The van der Waals surface area contributed by atoms with Gasteiger partial charge in [-0.3, -0.25) is 4.79 Å². The Morgan fingerprint density at radius 2 is 2.04 bits per heavy atom. The summed E-state index contributed by atoms with van der Waals surface area (Å²) >= 11 is 0. The van der Waals surface area contributed by atoms with Crippen LogP contribution >= 0.6 is 0 Å². The first-order valence-electron chi connectivity index (χ1n) is 7.82. The second kappa shape index (κ2) is 7.12. The minimum atomic E-state index is -0.963. The number of amides is 1. The number of carboxylic acid groups (broad SMARTS) is 1. The van der Waals surface area contributed by atoms with Gasteiger partial charge in [0, 0.05) is 24.4 Å². The van der Waals surface area contributed by atoms with Crippen molar-refractivity contribution in [1.82, 2.24) is 9.88 Å². The third-order valence-corrected chi connectivity index (χ3v) is 4.01. The van der Waals surface area contributed by atoms with Crippen molar-refractivity contribution in [3.63, 3.8) is 0 Å². The Morgan fingerprint density at radius 3 is 2.79 bits per heavy atom. The topological polar surface area (TPSA) is 79.7 Å². The van der Waals surface area contributed by atoms with Crippen molar-refractivity contribution in [1.29, 1.82) is 0 Å². The molecule has 1 N–H and O–H groups in total. The van der Waals surface area contributed by atoms with Crippen LogP contribution in [0.15, 0.2) is 48.7 Å². The maximum absolute atomic E-state index is 12.6. The van der Waals surface area contributed by atoms with E-state index in [2.05, 4.69) is 4.98 Å². The molecule has 124 valence electrons. The lowest BCUT2D eigenvalue weighted by Gasteiger charge is -2.21. The van der Waals surface area contributed by atoms with E-state index in [1.807, 2.05) is 30.3 Å². The third-order valence-electron chi connectivity index (χ3n) is 4.01. The van der Waals surface area contributed by atoms with Gasteiger partial charge in [0.1, 0.15) is 12.6 Å². The quantitative estimate of drug-likeness (QED) is 0.912. The molecule has 1 amide bonds. The van der Waals surface area contributed by atoms with Crippen molar-refractivity contribution < 1.29 is 19.4 Å². The molecule has 1 fully saturated rings.